The summed E-state index contributed by atoms with van der Waals surface area (Å²) in [5, 5.41) is 3.48. The molecule has 146 valence electrons. The molecule has 0 aliphatic carbocycles. The van der Waals surface area contributed by atoms with Crippen LogP contribution in [-0.2, 0) is 0 Å². The van der Waals surface area contributed by atoms with E-state index in [4.69, 9.17) is 0 Å². The SMILES string of the molecule is O=c1cc(-c2ccc(Nc3ccc(N4CCCCC4)cc3)c3nccn23)cc[nH]1. The maximum atomic E-state index is 11.7. The third-order valence-electron chi connectivity index (χ3n) is 5.49. The van der Waals surface area contributed by atoms with Crippen molar-refractivity contribution in [1.82, 2.24) is 14.4 Å². The van der Waals surface area contributed by atoms with Crippen LogP contribution in [0.3, 0.4) is 0 Å². The van der Waals surface area contributed by atoms with Crippen LogP contribution < -0.4 is 15.8 Å². The van der Waals surface area contributed by atoms with Crippen LogP contribution in [0, 0.1) is 0 Å². The Bertz CT molecular complexity index is 1190. The molecule has 0 spiro atoms. The van der Waals surface area contributed by atoms with Crippen molar-refractivity contribution in [3.63, 3.8) is 0 Å². The average molecular weight is 385 g/mol. The van der Waals surface area contributed by atoms with Crippen LogP contribution in [0.15, 0.2) is 71.9 Å². The van der Waals surface area contributed by atoms with Crippen LogP contribution in [0.1, 0.15) is 19.3 Å². The molecular weight excluding hydrogens is 362 g/mol. The van der Waals surface area contributed by atoms with Crippen molar-refractivity contribution in [2.24, 2.45) is 0 Å². The lowest BCUT2D eigenvalue weighted by atomic mass is 10.1. The number of hydrogen-bond donors (Lipinski definition) is 2. The molecule has 1 aliphatic rings. The zero-order valence-corrected chi connectivity index (χ0v) is 16.1. The molecule has 0 radical (unpaired) electrons. The molecule has 2 N–H and O–H groups in total. The summed E-state index contributed by atoms with van der Waals surface area (Å²) < 4.78 is 2.00. The van der Waals surface area contributed by atoms with E-state index in [0.29, 0.717) is 0 Å². The number of H-pyrrole nitrogens is 1. The van der Waals surface area contributed by atoms with E-state index in [9.17, 15) is 4.79 Å². The molecule has 6 heteroatoms. The highest BCUT2D eigenvalue weighted by Gasteiger charge is 2.12. The zero-order valence-electron chi connectivity index (χ0n) is 16.1. The molecule has 0 amide bonds. The molecule has 0 unspecified atom stereocenters. The van der Waals surface area contributed by atoms with Gasteiger partial charge < -0.3 is 15.2 Å². The van der Waals surface area contributed by atoms with Crippen molar-refractivity contribution >= 4 is 22.7 Å². The minimum atomic E-state index is -0.119. The normalized spacial score (nSPS) is 14.3. The molecule has 1 saturated heterocycles. The summed E-state index contributed by atoms with van der Waals surface area (Å²) >= 11 is 0. The van der Waals surface area contributed by atoms with E-state index < -0.39 is 0 Å². The van der Waals surface area contributed by atoms with Crippen LogP contribution in [0.25, 0.3) is 16.9 Å². The maximum absolute atomic E-state index is 11.7. The fourth-order valence-corrected chi connectivity index (χ4v) is 4.01. The van der Waals surface area contributed by atoms with Crippen LogP contribution in [-0.4, -0.2) is 27.5 Å². The highest BCUT2D eigenvalue weighted by atomic mass is 16.1. The van der Waals surface area contributed by atoms with E-state index >= 15 is 0 Å². The highest BCUT2D eigenvalue weighted by molar-refractivity contribution is 5.78. The second-order valence-corrected chi connectivity index (χ2v) is 7.41. The number of benzene rings is 1. The topological polar surface area (TPSA) is 65.4 Å². The van der Waals surface area contributed by atoms with Gasteiger partial charge in [0.25, 0.3) is 0 Å². The van der Waals surface area contributed by atoms with Gasteiger partial charge in [0.1, 0.15) is 0 Å². The van der Waals surface area contributed by atoms with Gasteiger partial charge in [0.15, 0.2) is 5.65 Å². The van der Waals surface area contributed by atoms with Crippen LogP contribution >= 0.6 is 0 Å². The monoisotopic (exact) mass is 385 g/mol. The number of piperidine rings is 1. The highest BCUT2D eigenvalue weighted by Crippen LogP contribution is 2.28. The van der Waals surface area contributed by atoms with Crippen molar-refractivity contribution in [1.29, 1.82) is 0 Å². The Kier molecular flexibility index (Phi) is 4.52. The first kappa shape index (κ1) is 17.6. The quantitative estimate of drug-likeness (QED) is 0.546. The molecule has 4 aromatic rings. The fraction of sp³-hybridized carbons (Fsp3) is 0.217. The molecule has 6 nitrogen and oxygen atoms in total. The fourth-order valence-electron chi connectivity index (χ4n) is 4.01. The molecule has 1 fully saturated rings. The largest absolute Gasteiger partial charge is 0.372 e. The smallest absolute Gasteiger partial charge is 0.248 e. The average Bonchev–Trinajstić information content (AvgIpc) is 3.26. The third-order valence-corrected chi connectivity index (χ3v) is 5.49. The number of imidazole rings is 1. The van der Waals surface area contributed by atoms with Gasteiger partial charge in [-0.15, -0.1) is 0 Å². The lowest BCUT2D eigenvalue weighted by Gasteiger charge is -2.28. The summed E-state index contributed by atoms with van der Waals surface area (Å²) in [4.78, 5) is 21.3. The van der Waals surface area contributed by atoms with Crippen molar-refractivity contribution in [2.75, 3.05) is 23.3 Å². The number of rotatable bonds is 4. The van der Waals surface area contributed by atoms with Gasteiger partial charge in [-0.1, -0.05) is 0 Å². The van der Waals surface area contributed by atoms with Crippen molar-refractivity contribution in [2.45, 2.75) is 19.3 Å². The van der Waals surface area contributed by atoms with Crippen molar-refractivity contribution in [3.05, 3.63) is 77.5 Å². The first-order valence-electron chi connectivity index (χ1n) is 10.1. The molecule has 1 aromatic carbocycles. The number of pyridine rings is 2. The summed E-state index contributed by atoms with van der Waals surface area (Å²) in [6.45, 7) is 2.29. The summed E-state index contributed by atoms with van der Waals surface area (Å²) in [7, 11) is 0. The van der Waals surface area contributed by atoms with Crippen LogP contribution in [0.5, 0.6) is 0 Å². The van der Waals surface area contributed by atoms with Gasteiger partial charge in [-0.2, -0.15) is 0 Å². The number of aromatic nitrogens is 3. The number of fused-ring (bicyclic) bond motifs is 1. The molecule has 4 heterocycles. The molecule has 0 bridgehead atoms. The summed E-state index contributed by atoms with van der Waals surface area (Å²) in [6, 6.07) is 16.1. The number of aromatic amines is 1. The molecule has 3 aromatic heterocycles. The Balaban J connectivity index is 1.43. The predicted octanol–water partition coefficient (Wildman–Crippen LogP) is 4.42. The molecule has 29 heavy (non-hydrogen) atoms. The van der Waals surface area contributed by atoms with Gasteiger partial charge in [-0.25, -0.2) is 4.98 Å². The lowest BCUT2D eigenvalue weighted by molar-refractivity contribution is 0.578. The Hall–Kier alpha value is -3.54. The first-order chi connectivity index (χ1) is 14.3. The lowest BCUT2D eigenvalue weighted by Crippen LogP contribution is -2.29. The van der Waals surface area contributed by atoms with Gasteiger partial charge >= 0.3 is 0 Å². The van der Waals surface area contributed by atoms with Crippen molar-refractivity contribution < 1.29 is 0 Å². The number of anilines is 3. The van der Waals surface area contributed by atoms with Crippen LogP contribution in [0.4, 0.5) is 17.1 Å². The second kappa shape index (κ2) is 7.47. The molecule has 5 rings (SSSR count). The first-order valence-corrected chi connectivity index (χ1v) is 10.1. The van der Waals surface area contributed by atoms with E-state index in [1.807, 2.05) is 28.8 Å². The number of hydrogen-bond acceptors (Lipinski definition) is 4. The Morgan fingerprint density at radius 3 is 2.59 bits per heavy atom. The Labute approximate surface area is 168 Å². The van der Waals surface area contributed by atoms with E-state index in [-0.39, 0.29) is 5.56 Å². The van der Waals surface area contributed by atoms with E-state index in [1.54, 1.807) is 18.5 Å². The molecule has 1 aliphatic heterocycles. The second-order valence-electron chi connectivity index (χ2n) is 7.41. The van der Waals surface area contributed by atoms with Gasteiger partial charge in [-0.05, 0) is 61.7 Å². The summed E-state index contributed by atoms with van der Waals surface area (Å²) in [5.74, 6) is 0. The van der Waals surface area contributed by atoms with E-state index in [0.717, 1.165) is 41.4 Å². The molecular formula is C23H23N5O. The van der Waals surface area contributed by atoms with E-state index in [2.05, 4.69) is 44.5 Å². The van der Waals surface area contributed by atoms with E-state index in [1.165, 1.54) is 24.9 Å². The summed E-state index contributed by atoms with van der Waals surface area (Å²) in [5.41, 5.74) is 5.72. The van der Waals surface area contributed by atoms with Crippen molar-refractivity contribution in [3.8, 4) is 11.3 Å². The molecule has 0 saturated carbocycles. The predicted molar refractivity (Wildman–Crippen MR) is 117 cm³/mol. The third kappa shape index (κ3) is 3.49. The van der Waals surface area contributed by atoms with Gasteiger partial charge in [0, 0.05) is 54.7 Å². The van der Waals surface area contributed by atoms with Gasteiger partial charge in [-0.3, -0.25) is 9.20 Å². The standard InChI is InChI=1S/C23H23N5O/c29-22-16-17(10-11-24-22)21-9-8-20(23-25-12-15-28(21)23)26-18-4-6-19(7-5-18)27-13-2-1-3-14-27/h4-12,15-16,26H,1-3,13-14H2,(H,24,29). The summed E-state index contributed by atoms with van der Waals surface area (Å²) in [6.07, 6.45) is 9.24. The molecule has 0 atom stereocenters. The Morgan fingerprint density at radius 2 is 1.79 bits per heavy atom. The minimum absolute atomic E-state index is 0.119. The zero-order chi connectivity index (χ0) is 19.6. The van der Waals surface area contributed by atoms with Gasteiger partial charge in [0.05, 0.1) is 11.4 Å². The number of nitrogens with zero attached hydrogens (tertiary/aromatic N) is 3. The minimum Gasteiger partial charge on any atom is -0.372 e. The Morgan fingerprint density at radius 1 is 0.966 bits per heavy atom. The van der Waals surface area contributed by atoms with Crippen LogP contribution in [0.2, 0.25) is 0 Å². The maximum Gasteiger partial charge on any atom is 0.248 e. The number of nitrogens with one attached hydrogen (secondary N) is 2. The van der Waals surface area contributed by atoms with Gasteiger partial charge in [0.2, 0.25) is 5.56 Å².